The van der Waals surface area contributed by atoms with Crippen LogP contribution in [0.3, 0.4) is 0 Å². The van der Waals surface area contributed by atoms with Gasteiger partial charge in [-0.05, 0) is 55.4 Å². The first-order valence-electron chi connectivity index (χ1n) is 20.6. The van der Waals surface area contributed by atoms with E-state index in [1.54, 1.807) is 20.8 Å². The monoisotopic (exact) mass is 838 g/mol. The Labute approximate surface area is 348 Å². The second-order valence-electron chi connectivity index (χ2n) is 17.0. The number of hydrogen-bond acceptors (Lipinski definition) is 11. The second-order valence-corrected chi connectivity index (χ2v) is 17.0. The lowest BCUT2D eigenvalue weighted by atomic mass is 9.81. The summed E-state index contributed by atoms with van der Waals surface area (Å²) in [6, 6.07) is -5.26. The minimum Gasteiger partial charge on any atom is -0.478 e. The zero-order valence-corrected chi connectivity index (χ0v) is 34.7. The zero-order valence-electron chi connectivity index (χ0n) is 34.7. The van der Waals surface area contributed by atoms with Crippen molar-refractivity contribution < 1.29 is 53.1 Å². The Morgan fingerprint density at radius 2 is 1.43 bits per heavy atom. The average Bonchev–Trinajstić information content (AvgIpc) is 3.63. The first kappa shape index (κ1) is 46.9. The van der Waals surface area contributed by atoms with E-state index in [0.29, 0.717) is 12.8 Å². The summed E-state index contributed by atoms with van der Waals surface area (Å²) in [5, 5.41) is 22.4. The fourth-order valence-corrected chi connectivity index (χ4v) is 8.26. The maximum Gasteiger partial charge on any atom is 0.338 e. The van der Waals surface area contributed by atoms with Crippen molar-refractivity contribution in [2.24, 2.45) is 23.0 Å². The van der Waals surface area contributed by atoms with Gasteiger partial charge in [-0.2, -0.15) is 0 Å². The molecule has 19 nitrogen and oxygen atoms in total. The van der Waals surface area contributed by atoms with Crippen molar-refractivity contribution in [3.05, 3.63) is 29.6 Å². The van der Waals surface area contributed by atoms with Gasteiger partial charge in [0, 0.05) is 32.3 Å². The summed E-state index contributed by atoms with van der Waals surface area (Å²) in [5.41, 5.74) is 3.86. The molecular weight excluding hydrogens is 780 g/mol. The van der Waals surface area contributed by atoms with Gasteiger partial charge < -0.3 is 42.3 Å². The lowest BCUT2D eigenvalue weighted by molar-refractivity contribution is -0.145. The number of carbonyl (C=O) groups is 10. The number of amides is 7. The molecule has 3 fully saturated rings. The van der Waals surface area contributed by atoms with E-state index in [-0.39, 0.29) is 23.8 Å². The highest BCUT2D eigenvalue weighted by Crippen LogP contribution is 2.30. The third kappa shape index (κ3) is 12.2. The van der Waals surface area contributed by atoms with Crippen LogP contribution in [0.2, 0.25) is 0 Å². The maximum atomic E-state index is 14.5. The number of likely N-dealkylation sites (N-methyl/N-ethyl adjacent to an activating group) is 1. The van der Waals surface area contributed by atoms with Crippen LogP contribution in [0, 0.1) is 17.3 Å². The van der Waals surface area contributed by atoms with Crippen molar-refractivity contribution in [3.8, 4) is 0 Å². The molecule has 7 amide bonds. The van der Waals surface area contributed by atoms with Gasteiger partial charge in [-0.1, -0.05) is 59.3 Å². The molecule has 1 aromatic rings. The molecule has 1 saturated heterocycles. The number of aromatic nitrogens is 1. The molecule has 0 bridgehead atoms. The van der Waals surface area contributed by atoms with Crippen molar-refractivity contribution in [1.29, 1.82) is 0 Å². The fraction of sp³-hybridized carbons (Fsp3) is 0.634. The number of hydrogen-bond donors (Lipinski definition) is 7. The van der Waals surface area contributed by atoms with Gasteiger partial charge in [0.15, 0.2) is 5.78 Å². The standard InChI is InChI=1S/C41H58N8O11/c1-41(2,3)32(48-35(54)27(15-16-29(51)37(56)43-4)45-34(53)25-17-18-44-20-26(25)40(59)60)39(58)49-21-24(50)19-28(49)36(55)47-31(23-13-9-6-10-14-23)38(57)46-30(33(42)52)22-11-7-5-8-12-22/h17-18,20,22-23,27-28,30-32H,5-16,19,21H2,1-4H3,(H2,42,52)(H,43,56)(H,45,53)(H,46,57)(H,47,55)(H,48,54)(H,59,60)/t27-,28-,30-,31-,32+/m0/s1. The Morgan fingerprint density at radius 1 is 0.833 bits per heavy atom. The Kier molecular flexibility index (Phi) is 16.4. The molecule has 5 atom stereocenters. The highest BCUT2D eigenvalue weighted by Gasteiger charge is 2.46. The first-order valence-corrected chi connectivity index (χ1v) is 20.6. The number of ketones is 2. The molecule has 19 heteroatoms. The molecule has 8 N–H and O–H groups in total. The van der Waals surface area contributed by atoms with Crippen molar-refractivity contribution in [2.75, 3.05) is 13.6 Å². The van der Waals surface area contributed by atoms with Gasteiger partial charge in [0.1, 0.15) is 30.2 Å². The van der Waals surface area contributed by atoms with Crippen LogP contribution in [0.4, 0.5) is 0 Å². The van der Waals surface area contributed by atoms with Crippen molar-refractivity contribution in [2.45, 2.75) is 134 Å². The smallest absolute Gasteiger partial charge is 0.338 e. The van der Waals surface area contributed by atoms with E-state index in [4.69, 9.17) is 5.73 Å². The van der Waals surface area contributed by atoms with Gasteiger partial charge in [0.25, 0.3) is 11.8 Å². The average molecular weight is 839 g/mol. The second kappa shape index (κ2) is 21.0. The Bertz CT molecular complexity index is 1830. The molecule has 0 spiro atoms. The van der Waals surface area contributed by atoms with E-state index >= 15 is 0 Å². The van der Waals surface area contributed by atoms with Crippen LogP contribution in [0.1, 0.15) is 125 Å². The van der Waals surface area contributed by atoms with Crippen LogP contribution in [-0.4, -0.2) is 118 Å². The van der Waals surface area contributed by atoms with E-state index in [1.165, 1.54) is 13.2 Å². The SMILES string of the molecule is CNC(=O)C(=O)CC[C@H](NC(=O)c1ccncc1C(=O)O)C(=O)N[C@H](C(=O)N1CC(=O)C[C@H]1C(=O)N[C@H](C(=O)N[C@H](C(N)=O)C1CCCCC1)C1CCCCC1)C(C)(C)C. The van der Waals surface area contributed by atoms with Crippen LogP contribution < -0.4 is 32.3 Å². The summed E-state index contributed by atoms with van der Waals surface area (Å²) in [5.74, 6) is -9.02. The molecule has 0 radical (unpaired) electrons. The summed E-state index contributed by atoms with van der Waals surface area (Å²) in [4.78, 5) is 137. The molecule has 1 aromatic heterocycles. The summed E-state index contributed by atoms with van der Waals surface area (Å²) in [6.07, 6.45) is 8.87. The number of likely N-dealkylation sites (tertiary alicyclic amines) is 1. The molecule has 328 valence electrons. The number of carbonyl (C=O) groups excluding carboxylic acids is 9. The normalized spacial score (nSPS) is 19.5. The highest BCUT2D eigenvalue weighted by atomic mass is 16.4. The number of carboxylic acid groups (broad SMARTS) is 1. The van der Waals surface area contributed by atoms with Crippen LogP contribution in [0.15, 0.2) is 18.5 Å². The first-order chi connectivity index (χ1) is 28.3. The quantitative estimate of drug-likeness (QED) is 0.104. The fourth-order valence-electron chi connectivity index (χ4n) is 8.26. The number of primary amides is 1. The Balaban J connectivity index is 1.58. The number of nitrogens with one attached hydrogen (secondary N) is 5. The van der Waals surface area contributed by atoms with Crippen molar-refractivity contribution in [1.82, 2.24) is 36.5 Å². The molecule has 0 aromatic carbocycles. The summed E-state index contributed by atoms with van der Waals surface area (Å²) in [6.45, 7) is 4.37. The van der Waals surface area contributed by atoms with Gasteiger partial charge in [-0.15, -0.1) is 0 Å². The topological polar surface area (TPSA) is 293 Å². The lowest BCUT2D eigenvalue weighted by Crippen LogP contribution is -2.62. The largest absolute Gasteiger partial charge is 0.478 e. The predicted octanol–water partition coefficient (Wildman–Crippen LogP) is 0.290. The van der Waals surface area contributed by atoms with Crippen molar-refractivity contribution in [3.63, 3.8) is 0 Å². The zero-order chi connectivity index (χ0) is 44.3. The third-order valence-corrected chi connectivity index (χ3v) is 11.6. The number of rotatable bonds is 17. The van der Waals surface area contributed by atoms with Crippen LogP contribution in [-0.2, 0) is 38.4 Å². The Morgan fingerprint density at radius 3 is 1.98 bits per heavy atom. The maximum absolute atomic E-state index is 14.5. The van der Waals surface area contributed by atoms with E-state index in [2.05, 4.69) is 31.6 Å². The number of nitrogens with zero attached hydrogens (tertiary/aromatic N) is 2. The predicted molar refractivity (Wildman–Crippen MR) is 213 cm³/mol. The van der Waals surface area contributed by atoms with Gasteiger partial charge in [-0.3, -0.25) is 48.1 Å². The Hall–Kier alpha value is -5.75. The molecule has 4 rings (SSSR count). The lowest BCUT2D eigenvalue weighted by Gasteiger charge is -2.37. The minimum absolute atomic E-state index is 0.143. The summed E-state index contributed by atoms with van der Waals surface area (Å²) < 4.78 is 0. The van der Waals surface area contributed by atoms with Crippen molar-refractivity contribution >= 4 is 58.9 Å². The van der Waals surface area contributed by atoms with Gasteiger partial charge in [0.2, 0.25) is 35.3 Å². The summed E-state index contributed by atoms with van der Waals surface area (Å²) >= 11 is 0. The van der Waals surface area contributed by atoms with Gasteiger partial charge in [-0.25, -0.2) is 4.79 Å². The molecule has 2 aliphatic carbocycles. The molecule has 3 aliphatic rings. The van der Waals surface area contributed by atoms with Crippen LogP contribution in [0.5, 0.6) is 0 Å². The van der Waals surface area contributed by atoms with Crippen LogP contribution in [0.25, 0.3) is 0 Å². The molecule has 0 unspecified atom stereocenters. The third-order valence-electron chi connectivity index (χ3n) is 11.6. The van der Waals surface area contributed by atoms with E-state index in [0.717, 1.165) is 68.5 Å². The molecule has 2 saturated carbocycles. The van der Waals surface area contributed by atoms with Gasteiger partial charge in [0.05, 0.1) is 17.7 Å². The summed E-state index contributed by atoms with van der Waals surface area (Å²) in [7, 11) is 1.24. The van der Waals surface area contributed by atoms with E-state index in [1.807, 2.05) is 0 Å². The van der Waals surface area contributed by atoms with Gasteiger partial charge >= 0.3 is 5.97 Å². The molecule has 2 heterocycles. The number of nitrogens with two attached hydrogens (primary N) is 1. The number of pyridine rings is 1. The van der Waals surface area contributed by atoms with E-state index < -0.39 is 119 Å². The number of Topliss-reactive ketones (excluding diaryl/α,β-unsaturated/α-hetero) is 2. The van der Waals surface area contributed by atoms with E-state index in [9.17, 15) is 53.1 Å². The highest BCUT2D eigenvalue weighted by molar-refractivity contribution is 6.36. The minimum atomic E-state index is -1.58. The number of carboxylic acids is 1. The van der Waals surface area contributed by atoms with Crippen LogP contribution >= 0.6 is 0 Å². The molecule has 60 heavy (non-hydrogen) atoms. The molecule has 1 aliphatic heterocycles. The molecular formula is C41H58N8O11. The number of aromatic carboxylic acids is 1.